The lowest BCUT2D eigenvalue weighted by Gasteiger charge is -2.07. The van der Waals surface area contributed by atoms with E-state index in [1.807, 2.05) is 24.3 Å². The molecule has 2 aromatic carbocycles. The zero-order valence-electron chi connectivity index (χ0n) is 10.9. The molecule has 18 heavy (non-hydrogen) atoms. The van der Waals surface area contributed by atoms with Crippen LogP contribution in [0.25, 0.3) is 10.8 Å². The lowest BCUT2D eigenvalue weighted by molar-refractivity contribution is 0.305. The highest BCUT2D eigenvalue weighted by Crippen LogP contribution is 2.24. The first-order chi connectivity index (χ1) is 8.79. The predicted molar refractivity (Wildman–Crippen MR) is 75.2 cm³/mol. The molecule has 0 heterocycles. The van der Waals surface area contributed by atoms with Crippen LogP contribution in [0.5, 0.6) is 11.5 Å². The molecule has 2 rings (SSSR count). The number of fused-ring (bicyclic) bond motifs is 1. The predicted octanol–water partition coefficient (Wildman–Crippen LogP) is 4.50. The van der Waals surface area contributed by atoms with Gasteiger partial charge in [-0.25, -0.2) is 0 Å². The summed E-state index contributed by atoms with van der Waals surface area (Å²) < 4.78 is 5.72. The molecular formula is C16H20O2. The molecule has 0 saturated heterocycles. The minimum atomic E-state index is 0.294. The first-order valence-corrected chi connectivity index (χ1v) is 6.65. The molecule has 96 valence electrons. The Labute approximate surface area is 108 Å². The van der Waals surface area contributed by atoms with Crippen molar-refractivity contribution in [2.75, 3.05) is 6.61 Å². The first-order valence-electron chi connectivity index (χ1n) is 6.65. The SMILES string of the molecule is CCCCCCOc1ccc2ccc(O)cc2c1. The van der Waals surface area contributed by atoms with E-state index in [-0.39, 0.29) is 0 Å². The van der Waals surface area contributed by atoms with Gasteiger partial charge in [0, 0.05) is 0 Å². The van der Waals surface area contributed by atoms with Gasteiger partial charge in [-0.15, -0.1) is 0 Å². The van der Waals surface area contributed by atoms with Gasteiger partial charge in [-0.3, -0.25) is 0 Å². The molecule has 0 aliphatic rings. The van der Waals surface area contributed by atoms with Gasteiger partial charge in [0.15, 0.2) is 0 Å². The molecule has 2 aromatic rings. The van der Waals surface area contributed by atoms with Gasteiger partial charge in [-0.2, -0.15) is 0 Å². The average molecular weight is 244 g/mol. The third-order valence-electron chi connectivity index (χ3n) is 3.06. The molecule has 0 saturated carbocycles. The molecule has 2 heteroatoms. The van der Waals surface area contributed by atoms with E-state index >= 15 is 0 Å². The second kappa shape index (κ2) is 6.29. The minimum absolute atomic E-state index is 0.294. The van der Waals surface area contributed by atoms with Crippen molar-refractivity contribution in [1.29, 1.82) is 0 Å². The smallest absolute Gasteiger partial charge is 0.119 e. The van der Waals surface area contributed by atoms with Crippen LogP contribution in [0.2, 0.25) is 0 Å². The molecule has 0 radical (unpaired) electrons. The highest BCUT2D eigenvalue weighted by Gasteiger charge is 1.99. The highest BCUT2D eigenvalue weighted by atomic mass is 16.5. The van der Waals surface area contributed by atoms with Crippen LogP contribution in [0.3, 0.4) is 0 Å². The number of hydrogen-bond donors (Lipinski definition) is 1. The van der Waals surface area contributed by atoms with E-state index in [1.54, 1.807) is 12.1 Å². The quantitative estimate of drug-likeness (QED) is 0.758. The molecule has 2 nitrogen and oxygen atoms in total. The summed E-state index contributed by atoms with van der Waals surface area (Å²) in [7, 11) is 0. The second-order valence-electron chi connectivity index (χ2n) is 4.60. The van der Waals surface area contributed by atoms with Crippen molar-refractivity contribution in [2.45, 2.75) is 32.6 Å². The van der Waals surface area contributed by atoms with Crippen LogP contribution in [0, 0.1) is 0 Å². The number of unbranched alkanes of at least 4 members (excludes halogenated alkanes) is 3. The van der Waals surface area contributed by atoms with E-state index < -0.39 is 0 Å². The molecule has 0 spiro atoms. The maximum absolute atomic E-state index is 9.45. The zero-order chi connectivity index (χ0) is 12.8. The van der Waals surface area contributed by atoms with Gasteiger partial charge in [0.25, 0.3) is 0 Å². The van der Waals surface area contributed by atoms with Crippen LogP contribution < -0.4 is 4.74 Å². The summed E-state index contributed by atoms with van der Waals surface area (Å²) in [6, 6.07) is 11.4. The summed E-state index contributed by atoms with van der Waals surface area (Å²) in [5.74, 6) is 1.17. The summed E-state index contributed by atoms with van der Waals surface area (Å²) in [5, 5.41) is 11.6. The van der Waals surface area contributed by atoms with Gasteiger partial charge in [-0.05, 0) is 41.5 Å². The fourth-order valence-electron chi connectivity index (χ4n) is 2.02. The van der Waals surface area contributed by atoms with Crippen molar-refractivity contribution in [3.05, 3.63) is 36.4 Å². The summed E-state index contributed by atoms with van der Waals surface area (Å²) in [4.78, 5) is 0. The van der Waals surface area contributed by atoms with Crippen molar-refractivity contribution in [3.8, 4) is 11.5 Å². The molecule has 0 aromatic heterocycles. The summed E-state index contributed by atoms with van der Waals surface area (Å²) >= 11 is 0. The first kappa shape index (κ1) is 12.7. The third kappa shape index (κ3) is 3.39. The second-order valence-corrected chi connectivity index (χ2v) is 4.60. The maximum Gasteiger partial charge on any atom is 0.119 e. The number of aromatic hydroxyl groups is 1. The van der Waals surface area contributed by atoms with Crippen molar-refractivity contribution >= 4 is 10.8 Å². The molecule has 0 amide bonds. The Bertz CT molecular complexity index is 505. The number of hydrogen-bond acceptors (Lipinski definition) is 2. The lowest BCUT2D eigenvalue weighted by atomic mass is 10.1. The number of ether oxygens (including phenoxy) is 1. The van der Waals surface area contributed by atoms with Gasteiger partial charge >= 0.3 is 0 Å². The molecule has 0 unspecified atom stereocenters. The van der Waals surface area contributed by atoms with Crippen molar-refractivity contribution < 1.29 is 9.84 Å². The molecule has 0 atom stereocenters. The Balaban J connectivity index is 1.97. The Hall–Kier alpha value is -1.70. The van der Waals surface area contributed by atoms with Gasteiger partial charge in [0.1, 0.15) is 11.5 Å². The topological polar surface area (TPSA) is 29.5 Å². The van der Waals surface area contributed by atoms with Gasteiger partial charge in [-0.1, -0.05) is 38.3 Å². The number of rotatable bonds is 6. The summed E-state index contributed by atoms with van der Waals surface area (Å²) in [5.41, 5.74) is 0. The minimum Gasteiger partial charge on any atom is -0.508 e. The van der Waals surface area contributed by atoms with E-state index in [2.05, 4.69) is 6.92 Å². The Morgan fingerprint density at radius 3 is 2.61 bits per heavy atom. The standard InChI is InChI=1S/C16H20O2/c1-2-3-4-5-10-18-16-9-7-13-6-8-15(17)11-14(13)12-16/h6-9,11-12,17H,2-5,10H2,1H3. The van der Waals surface area contributed by atoms with E-state index in [0.29, 0.717) is 5.75 Å². The lowest BCUT2D eigenvalue weighted by Crippen LogP contribution is -1.96. The fraction of sp³-hybridized carbons (Fsp3) is 0.375. The van der Waals surface area contributed by atoms with Gasteiger partial charge in [0.05, 0.1) is 6.61 Å². The molecule has 1 N–H and O–H groups in total. The van der Waals surface area contributed by atoms with Crippen LogP contribution >= 0.6 is 0 Å². The van der Waals surface area contributed by atoms with Crippen molar-refractivity contribution in [3.63, 3.8) is 0 Å². The monoisotopic (exact) mass is 244 g/mol. The number of benzene rings is 2. The van der Waals surface area contributed by atoms with E-state index in [0.717, 1.165) is 29.5 Å². The molecule has 0 aliphatic heterocycles. The van der Waals surface area contributed by atoms with Crippen LogP contribution in [-0.2, 0) is 0 Å². The summed E-state index contributed by atoms with van der Waals surface area (Å²) in [6.45, 7) is 2.97. The van der Waals surface area contributed by atoms with Crippen LogP contribution in [0.1, 0.15) is 32.6 Å². The van der Waals surface area contributed by atoms with Crippen molar-refractivity contribution in [2.24, 2.45) is 0 Å². The highest BCUT2D eigenvalue weighted by molar-refractivity contribution is 5.85. The zero-order valence-corrected chi connectivity index (χ0v) is 10.9. The van der Waals surface area contributed by atoms with E-state index in [1.165, 1.54) is 19.3 Å². The van der Waals surface area contributed by atoms with Crippen LogP contribution in [0.4, 0.5) is 0 Å². The Morgan fingerprint density at radius 2 is 1.78 bits per heavy atom. The molecule has 0 fully saturated rings. The van der Waals surface area contributed by atoms with Crippen LogP contribution in [-0.4, -0.2) is 11.7 Å². The normalized spacial score (nSPS) is 10.7. The molecule has 0 bridgehead atoms. The molecule has 0 aliphatic carbocycles. The molecular weight excluding hydrogens is 224 g/mol. The van der Waals surface area contributed by atoms with E-state index in [9.17, 15) is 5.11 Å². The van der Waals surface area contributed by atoms with Crippen LogP contribution in [0.15, 0.2) is 36.4 Å². The van der Waals surface area contributed by atoms with Gasteiger partial charge in [0.2, 0.25) is 0 Å². The van der Waals surface area contributed by atoms with E-state index in [4.69, 9.17) is 4.74 Å². The number of phenolic OH excluding ortho intramolecular Hbond substituents is 1. The average Bonchev–Trinajstić information content (AvgIpc) is 2.38. The Morgan fingerprint density at radius 1 is 0.944 bits per heavy atom. The van der Waals surface area contributed by atoms with Crippen molar-refractivity contribution in [1.82, 2.24) is 0 Å². The largest absolute Gasteiger partial charge is 0.508 e. The third-order valence-corrected chi connectivity index (χ3v) is 3.06. The Kier molecular flexibility index (Phi) is 4.46. The fourth-order valence-corrected chi connectivity index (χ4v) is 2.02. The summed E-state index contributed by atoms with van der Waals surface area (Å²) in [6.07, 6.45) is 4.85. The van der Waals surface area contributed by atoms with Gasteiger partial charge < -0.3 is 9.84 Å². The maximum atomic E-state index is 9.45. The number of phenols is 1.